The Morgan fingerprint density at radius 2 is 1.66 bits per heavy atom. The van der Waals surface area contributed by atoms with Gasteiger partial charge in [0, 0.05) is 12.8 Å². The fourth-order valence-electron chi connectivity index (χ4n) is 3.66. The SMILES string of the molecule is COc1ccc2cc([C@H](C)C(=O)OCOC(=O)CC[C@H](CC(=O)O)CC(C)C)ccc2c1. The number of carbonyl (C=O) groups is 3. The summed E-state index contributed by atoms with van der Waals surface area (Å²) in [5.41, 5.74) is 0.796. The highest BCUT2D eigenvalue weighted by Crippen LogP contribution is 2.26. The van der Waals surface area contributed by atoms with Crippen molar-refractivity contribution < 1.29 is 33.7 Å². The summed E-state index contributed by atoms with van der Waals surface area (Å²) in [6.45, 7) is 5.30. The Morgan fingerprint density at radius 1 is 0.969 bits per heavy atom. The topological polar surface area (TPSA) is 99.1 Å². The van der Waals surface area contributed by atoms with Gasteiger partial charge in [0.1, 0.15) is 5.75 Å². The number of hydrogen-bond acceptors (Lipinski definition) is 6. The summed E-state index contributed by atoms with van der Waals surface area (Å²) in [5, 5.41) is 11.0. The van der Waals surface area contributed by atoms with Crippen molar-refractivity contribution in [2.75, 3.05) is 13.9 Å². The number of hydrogen-bond donors (Lipinski definition) is 1. The summed E-state index contributed by atoms with van der Waals surface area (Å²) in [6.07, 6.45) is 1.27. The summed E-state index contributed by atoms with van der Waals surface area (Å²) >= 11 is 0. The number of carboxylic acid groups (broad SMARTS) is 1. The average molecular weight is 445 g/mol. The fraction of sp³-hybridized carbons (Fsp3) is 0.480. The van der Waals surface area contributed by atoms with E-state index in [0.29, 0.717) is 12.3 Å². The minimum Gasteiger partial charge on any atom is -0.497 e. The number of benzene rings is 2. The van der Waals surface area contributed by atoms with Crippen LogP contribution in [0.4, 0.5) is 0 Å². The zero-order chi connectivity index (χ0) is 23.7. The molecule has 2 aromatic carbocycles. The molecule has 7 heteroatoms. The van der Waals surface area contributed by atoms with Gasteiger partial charge in [0.15, 0.2) is 0 Å². The second-order valence-corrected chi connectivity index (χ2v) is 8.42. The van der Waals surface area contributed by atoms with Crippen LogP contribution in [0.5, 0.6) is 5.75 Å². The summed E-state index contributed by atoms with van der Waals surface area (Å²) < 4.78 is 15.4. The van der Waals surface area contributed by atoms with Crippen LogP contribution in [-0.4, -0.2) is 36.9 Å². The van der Waals surface area contributed by atoms with Crippen LogP contribution in [0.2, 0.25) is 0 Å². The minimum absolute atomic E-state index is 0.0243. The smallest absolute Gasteiger partial charge is 0.316 e. The van der Waals surface area contributed by atoms with E-state index in [0.717, 1.165) is 28.5 Å². The highest BCUT2D eigenvalue weighted by Gasteiger charge is 2.19. The van der Waals surface area contributed by atoms with Gasteiger partial charge >= 0.3 is 17.9 Å². The monoisotopic (exact) mass is 444 g/mol. The lowest BCUT2D eigenvalue weighted by molar-refractivity contribution is -0.168. The maximum Gasteiger partial charge on any atom is 0.316 e. The first kappa shape index (κ1) is 25.2. The van der Waals surface area contributed by atoms with Gasteiger partial charge in [-0.2, -0.15) is 0 Å². The van der Waals surface area contributed by atoms with Crippen LogP contribution < -0.4 is 4.74 Å². The van der Waals surface area contributed by atoms with Crippen molar-refractivity contribution in [1.82, 2.24) is 0 Å². The molecule has 174 valence electrons. The minimum atomic E-state index is -0.875. The lowest BCUT2D eigenvalue weighted by Gasteiger charge is -2.17. The summed E-state index contributed by atoms with van der Waals surface area (Å²) in [5.74, 6) is -1.38. The maximum atomic E-state index is 12.4. The van der Waals surface area contributed by atoms with Gasteiger partial charge in [-0.05, 0) is 60.1 Å². The van der Waals surface area contributed by atoms with Crippen molar-refractivity contribution in [3.05, 3.63) is 42.0 Å². The molecule has 1 N–H and O–H groups in total. The first-order valence-corrected chi connectivity index (χ1v) is 10.8. The Kier molecular flexibility index (Phi) is 9.50. The summed E-state index contributed by atoms with van der Waals surface area (Å²) in [7, 11) is 1.61. The van der Waals surface area contributed by atoms with Crippen LogP contribution >= 0.6 is 0 Å². The van der Waals surface area contributed by atoms with Crippen LogP contribution in [0.15, 0.2) is 36.4 Å². The molecule has 32 heavy (non-hydrogen) atoms. The van der Waals surface area contributed by atoms with Gasteiger partial charge in [-0.25, -0.2) is 0 Å². The second kappa shape index (κ2) is 12.1. The van der Waals surface area contributed by atoms with Gasteiger partial charge < -0.3 is 19.3 Å². The van der Waals surface area contributed by atoms with Crippen molar-refractivity contribution in [3.8, 4) is 5.75 Å². The molecular weight excluding hydrogens is 412 g/mol. The lowest BCUT2D eigenvalue weighted by Crippen LogP contribution is -2.18. The number of carbonyl (C=O) groups excluding carboxylic acids is 2. The molecule has 0 heterocycles. The molecule has 2 aromatic rings. The number of rotatable bonds is 12. The van der Waals surface area contributed by atoms with E-state index in [-0.39, 0.29) is 18.8 Å². The highest BCUT2D eigenvalue weighted by molar-refractivity contribution is 5.86. The summed E-state index contributed by atoms with van der Waals surface area (Å²) in [4.78, 5) is 35.3. The zero-order valence-electron chi connectivity index (χ0n) is 19.1. The third-order valence-corrected chi connectivity index (χ3v) is 5.37. The van der Waals surface area contributed by atoms with Crippen LogP contribution in [0.1, 0.15) is 57.9 Å². The average Bonchev–Trinajstić information content (AvgIpc) is 2.75. The molecule has 0 bridgehead atoms. The standard InChI is InChI=1S/C25H32O7/c1-16(2)11-18(12-23(26)27)5-10-24(28)31-15-32-25(29)17(3)19-6-7-21-14-22(30-4)9-8-20(21)13-19/h6-9,13-14,16-18H,5,10-12,15H2,1-4H3,(H,26,27)/t17-,18-/m0/s1. The largest absolute Gasteiger partial charge is 0.497 e. The molecule has 0 unspecified atom stereocenters. The molecule has 0 fully saturated rings. The van der Waals surface area contributed by atoms with E-state index in [9.17, 15) is 14.4 Å². The van der Waals surface area contributed by atoms with Crippen LogP contribution in [0.3, 0.4) is 0 Å². The number of fused-ring (bicyclic) bond motifs is 1. The van der Waals surface area contributed by atoms with Crippen LogP contribution in [-0.2, 0) is 23.9 Å². The molecule has 0 aliphatic carbocycles. The van der Waals surface area contributed by atoms with E-state index in [1.54, 1.807) is 14.0 Å². The molecule has 0 spiro atoms. The molecule has 0 aliphatic rings. The Morgan fingerprint density at radius 3 is 2.31 bits per heavy atom. The van der Waals surface area contributed by atoms with Crippen molar-refractivity contribution in [2.45, 2.75) is 52.4 Å². The van der Waals surface area contributed by atoms with Crippen LogP contribution in [0, 0.1) is 11.8 Å². The van der Waals surface area contributed by atoms with Crippen molar-refractivity contribution in [1.29, 1.82) is 0 Å². The number of methoxy groups -OCH3 is 1. The van der Waals surface area contributed by atoms with Gasteiger partial charge in [-0.1, -0.05) is 38.1 Å². The first-order chi connectivity index (χ1) is 15.2. The predicted molar refractivity (Wildman–Crippen MR) is 120 cm³/mol. The van der Waals surface area contributed by atoms with Crippen molar-refractivity contribution in [3.63, 3.8) is 0 Å². The Bertz CT molecular complexity index is 935. The van der Waals surface area contributed by atoms with E-state index in [1.165, 1.54) is 0 Å². The third kappa shape index (κ3) is 7.87. The molecule has 0 amide bonds. The highest BCUT2D eigenvalue weighted by atomic mass is 16.7. The zero-order valence-corrected chi connectivity index (χ0v) is 19.1. The normalized spacial score (nSPS) is 12.9. The molecule has 2 rings (SSSR count). The summed E-state index contributed by atoms with van der Waals surface area (Å²) in [6, 6.07) is 11.4. The van der Waals surface area contributed by atoms with Gasteiger partial charge in [-0.15, -0.1) is 0 Å². The van der Waals surface area contributed by atoms with Crippen molar-refractivity contribution >= 4 is 28.7 Å². The maximum absolute atomic E-state index is 12.4. The third-order valence-electron chi connectivity index (χ3n) is 5.37. The molecule has 2 atom stereocenters. The van der Waals surface area contributed by atoms with E-state index in [4.69, 9.17) is 19.3 Å². The molecule has 0 aliphatic heterocycles. The Balaban J connectivity index is 1.82. The van der Waals surface area contributed by atoms with Crippen molar-refractivity contribution in [2.24, 2.45) is 11.8 Å². The van der Waals surface area contributed by atoms with E-state index in [1.807, 2.05) is 50.2 Å². The van der Waals surface area contributed by atoms with Gasteiger partial charge in [0.2, 0.25) is 6.79 Å². The number of aliphatic carboxylic acids is 1. The van der Waals surface area contributed by atoms with Gasteiger partial charge in [0.25, 0.3) is 0 Å². The quantitative estimate of drug-likeness (QED) is 0.367. The first-order valence-electron chi connectivity index (χ1n) is 10.8. The fourth-order valence-corrected chi connectivity index (χ4v) is 3.66. The Labute approximate surface area is 188 Å². The molecule has 0 saturated carbocycles. The number of ether oxygens (including phenoxy) is 3. The molecule has 0 saturated heterocycles. The predicted octanol–water partition coefficient (Wildman–Crippen LogP) is 4.91. The van der Waals surface area contributed by atoms with E-state index >= 15 is 0 Å². The molecule has 0 aromatic heterocycles. The van der Waals surface area contributed by atoms with E-state index in [2.05, 4.69) is 0 Å². The number of esters is 2. The number of carboxylic acids is 1. The molecular formula is C25H32O7. The van der Waals surface area contributed by atoms with Gasteiger partial charge in [0.05, 0.1) is 13.0 Å². The van der Waals surface area contributed by atoms with Crippen LogP contribution in [0.25, 0.3) is 10.8 Å². The van der Waals surface area contributed by atoms with Gasteiger partial charge in [-0.3, -0.25) is 14.4 Å². The second-order valence-electron chi connectivity index (χ2n) is 8.42. The molecule has 0 radical (unpaired) electrons. The lowest BCUT2D eigenvalue weighted by atomic mass is 9.90. The Hall–Kier alpha value is -3.09. The molecule has 7 nitrogen and oxygen atoms in total. The van der Waals surface area contributed by atoms with E-state index < -0.39 is 30.6 Å².